The van der Waals surface area contributed by atoms with Gasteiger partial charge in [0, 0.05) is 6.07 Å². The van der Waals surface area contributed by atoms with Crippen LogP contribution in [-0.4, -0.2) is 68.0 Å². The topological polar surface area (TPSA) is 140 Å². The van der Waals surface area contributed by atoms with Crippen molar-refractivity contribution in [1.82, 2.24) is 0 Å². The van der Waals surface area contributed by atoms with Crippen LogP contribution in [0.15, 0.2) is 42.5 Å². The fraction of sp³-hybridized carbons (Fsp3) is 0.300. The molecule has 0 radical (unpaired) electrons. The molecule has 0 aromatic heterocycles. The lowest BCUT2D eigenvalue weighted by atomic mass is 9.99. The Morgan fingerprint density at radius 1 is 0.821 bits per heavy atom. The summed E-state index contributed by atoms with van der Waals surface area (Å²) in [6.07, 6.45) is -3.52. The molecule has 0 amide bonds. The van der Waals surface area contributed by atoms with Crippen LogP contribution in [0.2, 0.25) is 0 Å². The molecule has 1 aliphatic heterocycles. The third-order valence-electron chi connectivity index (χ3n) is 4.38. The van der Waals surface area contributed by atoms with Crippen LogP contribution in [0.4, 0.5) is 0 Å². The minimum Gasteiger partial charge on any atom is -0.508 e. The molecule has 0 spiro atoms. The quantitative estimate of drug-likeness (QED) is 0.405. The summed E-state index contributed by atoms with van der Waals surface area (Å²) in [7, 11) is 0. The summed E-state index contributed by atoms with van der Waals surface area (Å²) in [5.41, 5.74) is 1.42. The Bertz CT molecular complexity index is 817. The zero-order valence-corrected chi connectivity index (χ0v) is 14.8. The van der Waals surface area contributed by atoms with Crippen molar-refractivity contribution >= 4 is 12.2 Å². The van der Waals surface area contributed by atoms with E-state index in [9.17, 15) is 30.6 Å². The van der Waals surface area contributed by atoms with Gasteiger partial charge in [0.2, 0.25) is 6.29 Å². The Kier molecular flexibility index (Phi) is 6.18. The Hall–Kier alpha value is -2.62. The van der Waals surface area contributed by atoms with Gasteiger partial charge in [-0.3, -0.25) is 0 Å². The number of phenolic OH excluding ortho intramolecular Hbond substituents is 2. The van der Waals surface area contributed by atoms with Crippen LogP contribution in [0, 0.1) is 0 Å². The van der Waals surface area contributed by atoms with Crippen LogP contribution in [0.5, 0.6) is 17.2 Å². The fourth-order valence-corrected chi connectivity index (χ4v) is 2.85. The summed E-state index contributed by atoms with van der Waals surface area (Å²) in [6, 6.07) is 10.9. The molecular weight excluding hydrogens is 368 g/mol. The predicted molar refractivity (Wildman–Crippen MR) is 99.5 cm³/mol. The van der Waals surface area contributed by atoms with Crippen LogP contribution in [0.3, 0.4) is 0 Å². The minimum atomic E-state index is -1.55. The molecule has 150 valence electrons. The summed E-state index contributed by atoms with van der Waals surface area (Å²) in [5.74, 6) is 0.229. The Balaban J connectivity index is 1.76. The SMILES string of the molecule is OC[C@@H]1O[C@H](Oc2cc(O)cc(/C=C/c3ccc(O)cc3)c2)[C@@H](O)[C@H](O)[C@H]1O. The van der Waals surface area contributed by atoms with E-state index >= 15 is 0 Å². The van der Waals surface area contributed by atoms with Crippen molar-refractivity contribution in [3.8, 4) is 17.2 Å². The lowest BCUT2D eigenvalue weighted by molar-refractivity contribution is -0.277. The number of aromatic hydroxyl groups is 2. The first-order valence-corrected chi connectivity index (χ1v) is 8.65. The molecule has 8 nitrogen and oxygen atoms in total. The normalized spacial score (nSPS) is 27.8. The van der Waals surface area contributed by atoms with E-state index in [4.69, 9.17) is 9.47 Å². The number of rotatable bonds is 5. The maximum atomic E-state index is 10.1. The fourth-order valence-electron chi connectivity index (χ4n) is 2.85. The van der Waals surface area contributed by atoms with E-state index in [1.807, 2.05) is 0 Å². The number of hydrogen-bond donors (Lipinski definition) is 6. The highest BCUT2D eigenvalue weighted by atomic mass is 16.7. The minimum absolute atomic E-state index is 0.0903. The maximum absolute atomic E-state index is 10.1. The number of aliphatic hydroxyl groups is 4. The lowest BCUT2D eigenvalue weighted by Gasteiger charge is -2.39. The van der Waals surface area contributed by atoms with Gasteiger partial charge in [-0.25, -0.2) is 0 Å². The summed E-state index contributed by atoms with van der Waals surface area (Å²) in [5, 5.41) is 58.2. The summed E-state index contributed by atoms with van der Waals surface area (Å²) in [4.78, 5) is 0. The molecule has 2 aromatic rings. The second-order valence-electron chi connectivity index (χ2n) is 6.50. The van der Waals surface area contributed by atoms with E-state index in [1.54, 1.807) is 42.5 Å². The first-order valence-electron chi connectivity index (χ1n) is 8.65. The van der Waals surface area contributed by atoms with E-state index in [-0.39, 0.29) is 17.2 Å². The van der Waals surface area contributed by atoms with Crippen LogP contribution < -0.4 is 4.74 Å². The number of phenols is 2. The summed E-state index contributed by atoms with van der Waals surface area (Å²) in [6.45, 7) is -0.564. The monoisotopic (exact) mass is 390 g/mol. The van der Waals surface area contributed by atoms with Crippen LogP contribution >= 0.6 is 0 Å². The molecule has 1 fully saturated rings. The Morgan fingerprint density at radius 3 is 2.18 bits per heavy atom. The van der Waals surface area contributed by atoms with Gasteiger partial charge < -0.3 is 40.1 Å². The first kappa shape index (κ1) is 20.1. The second-order valence-corrected chi connectivity index (χ2v) is 6.50. The third kappa shape index (κ3) is 4.61. The average Bonchev–Trinajstić information content (AvgIpc) is 2.67. The molecule has 1 heterocycles. The molecular formula is C20H22O8. The van der Waals surface area contributed by atoms with Gasteiger partial charge >= 0.3 is 0 Å². The second kappa shape index (κ2) is 8.59. The third-order valence-corrected chi connectivity index (χ3v) is 4.38. The van der Waals surface area contributed by atoms with Gasteiger partial charge in [-0.2, -0.15) is 0 Å². The molecule has 6 N–H and O–H groups in total. The number of hydrogen-bond acceptors (Lipinski definition) is 8. The molecule has 5 atom stereocenters. The van der Waals surface area contributed by atoms with Crippen molar-refractivity contribution in [3.63, 3.8) is 0 Å². The highest BCUT2D eigenvalue weighted by Gasteiger charge is 2.44. The largest absolute Gasteiger partial charge is 0.508 e. The van der Waals surface area contributed by atoms with Gasteiger partial charge in [-0.05, 0) is 35.4 Å². The molecule has 1 saturated heterocycles. The lowest BCUT2D eigenvalue weighted by Crippen LogP contribution is -2.60. The van der Waals surface area contributed by atoms with Crippen LogP contribution in [0.25, 0.3) is 12.2 Å². The average molecular weight is 390 g/mol. The van der Waals surface area contributed by atoms with Gasteiger partial charge in [0.05, 0.1) is 6.61 Å². The molecule has 28 heavy (non-hydrogen) atoms. The van der Waals surface area contributed by atoms with Gasteiger partial charge in [-0.1, -0.05) is 24.3 Å². The number of benzene rings is 2. The van der Waals surface area contributed by atoms with Gasteiger partial charge in [0.15, 0.2) is 0 Å². The Labute approximate surface area is 161 Å². The standard InChI is InChI=1S/C20H22O8/c21-10-16-17(24)18(25)19(26)20(28-16)27-15-8-12(7-14(23)9-15)2-1-11-3-5-13(22)6-4-11/h1-9,16-26H,10H2/b2-1+/t16-,17-,18+,19-,20-/m0/s1. The zero-order valence-electron chi connectivity index (χ0n) is 14.8. The van der Waals surface area contributed by atoms with E-state index in [2.05, 4.69) is 0 Å². The molecule has 0 unspecified atom stereocenters. The molecule has 0 bridgehead atoms. The smallest absolute Gasteiger partial charge is 0.229 e. The van der Waals surface area contributed by atoms with Gasteiger partial charge in [-0.15, -0.1) is 0 Å². The van der Waals surface area contributed by atoms with Crippen molar-refractivity contribution in [2.45, 2.75) is 30.7 Å². The van der Waals surface area contributed by atoms with Crippen LogP contribution in [0.1, 0.15) is 11.1 Å². The van der Waals surface area contributed by atoms with Crippen molar-refractivity contribution < 1.29 is 40.1 Å². The molecule has 3 rings (SSSR count). The molecule has 8 heteroatoms. The van der Waals surface area contributed by atoms with Gasteiger partial charge in [0.1, 0.15) is 41.7 Å². The van der Waals surface area contributed by atoms with Crippen LogP contribution in [-0.2, 0) is 4.74 Å². The molecule has 0 saturated carbocycles. The van der Waals surface area contributed by atoms with Crippen molar-refractivity contribution in [3.05, 3.63) is 53.6 Å². The first-order chi connectivity index (χ1) is 13.4. The number of ether oxygens (including phenoxy) is 2. The van der Waals surface area contributed by atoms with E-state index in [0.29, 0.717) is 5.56 Å². The maximum Gasteiger partial charge on any atom is 0.229 e. The highest BCUT2D eigenvalue weighted by Crippen LogP contribution is 2.28. The van der Waals surface area contributed by atoms with E-state index in [1.165, 1.54) is 12.1 Å². The molecule has 0 aliphatic carbocycles. The van der Waals surface area contributed by atoms with E-state index in [0.717, 1.165) is 5.56 Å². The van der Waals surface area contributed by atoms with Gasteiger partial charge in [0.25, 0.3) is 0 Å². The van der Waals surface area contributed by atoms with Crippen molar-refractivity contribution in [1.29, 1.82) is 0 Å². The summed E-state index contributed by atoms with van der Waals surface area (Å²) < 4.78 is 10.8. The number of aliphatic hydroxyl groups excluding tert-OH is 4. The predicted octanol–water partition coefficient (Wildman–Crippen LogP) is 0.447. The van der Waals surface area contributed by atoms with Crippen molar-refractivity contribution in [2.75, 3.05) is 6.61 Å². The highest BCUT2D eigenvalue weighted by molar-refractivity contribution is 5.71. The molecule has 2 aromatic carbocycles. The summed E-state index contributed by atoms with van der Waals surface area (Å²) >= 11 is 0. The Morgan fingerprint density at radius 2 is 1.50 bits per heavy atom. The zero-order chi connectivity index (χ0) is 20.3. The molecule has 1 aliphatic rings. The van der Waals surface area contributed by atoms with Crippen molar-refractivity contribution in [2.24, 2.45) is 0 Å². The van der Waals surface area contributed by atoms with E-state index < -0.39 is 37.3 Å².